The lowest BCUT2D eigenvalue weighted by atomic mass is 9.84. The third kappa shape index (κ3) is 3.62. The molecule has 0 aromatic heterocycles. The summed E-state index contributed by atoms with van der Waals surface area (Å²) >= 11 is 1.53. The van der Waals surface area contributed by atoms with Crippen LogP contribution in [-0.2, 0) is 14.3 Å². The Bertz CT molecular complexity index is 310. The van der Waals surface area contributed by atoms with Gasteiger partial charge in [-0.2, -0.15) is 0 Å². The standard InChI is InChI=1S/C12H21NO4S/c1-3-12(11(15)16)4-5-13(9-12)10(14)8-18-7-6-17-2/h3-9H2,1-2H3,(H,15,16). The molecular formula is C12H21NO4S. The molecule has 0 aromatic carbocycles. The Labute approximate surface area is 112 Å². The van der Waals surface area contributed by atoms with Gasteiger partial charge in [0.05, 0.1) is 17.8 Å². The van der Waals surface area contributed by atoms with Gasteiger partial charge in [-0.05, 0) is 12.8 Å². The van der Waals surface area contributed by atoms with Gasteiger partial charge >= 0.3 is 5.97 Å². The number of thioether (sulfide) groups is 1. The molecular weight excluding hydrogens is 254 g/mol. The van der Waals surface area contributed by atoms with Crippen LogP contribution >= 0.6 is 11.8 Å². The molecule has 104 valence electrons. The monoisotopic (exact) mass is 275 g/mol. The van der Waals surface area contributed by atoms with Crippen LogP contribution in [0.4, 0.5) is 0 Å². The molecule has 18 heavy (non-hydrogen) atoms. The minimum Gasteiger partial charge on any atom is -0.481 e. The molecule has 5 nitrogen and oxygen atoms in total. The fourth-order valence-electron chi connectivity index (χ4n) is 2.09. The molecule has 0 saturated carbocycles. The highest BCUT2D eigenvalue weighted by Gasteiger charge is 2.44. The summed E-state index contributed by atoms with van der Waals surface area (Å²) in [5.74, 6) is 0.441. The Morgan fingerprint density at radius 2 is 2.22 bits per heavy atom. The van der Waals surface area contributed by atoms with Gasteiger partial charge in [-0.15, -0.1) is 11.8 Å². The maximum atomic E-state index is 11.9. The average molecular weight is 275 g/mol. The van der Waals surface area contributed by atoms with Gasteiger partial charge < -0.3 is 14.7 Å². The summed E-state index contributed by atoms with van der Waals surface area (Å²) in [5.41, 5.74) is -0.729. The van der Waals surface area contributed by atoms with E-state index >= 15 is 0 Å². The lowest BCUT2D eigenvalue weighted by Crippen LogP contribution is -2.37. The first-order valence-electron chi connectivity index (χ1n) is 6.13. The van der Waals surface area contributed by atoms with Gasteiger partial charge in [0.2, 0.25) is 5.91 Å². The van der Waals surface area contributed by atoms with Crippen LogP contribution in [0.3, 0.4) is 0 Å². The highest BCUT2D eigenvalue weighted by atomic mass is 32.2. The van der Waals surface area contributed by atoms with Crippen molar-refractivity contribution in [1.82, 2.24) is 4.90 Å². The number of aliphatic carboxylic acids is 1. The fraction of sp³-hybridized carbons (Fsp3) is 0.833. The number of hydrogen-bond acceptors (Lipinski definition) is 4. The van der Waals surface area contributed by atoms with Gasteiger partial charge in [-0.25, -0.2) is 0 Å². The number of carboxylic acid groups (broad SMARTS) is 1. The first kappa shape index (κ1) is 15.3. The van der Waals surface area contributed by atoms with E-state index in [1.807, 2.05) is 6.92 Å². The van der Waals surface area contributed by atoms with Crippen molar-refractivity contribution >= 4 is 23.6 Å². The van der Waals surface area contributed by atoms with Gasteiger partial charge in [-0.3, -0.25) is 9.59 Å². The molecule has 1 atom stereocenters. The Morgan fingerprint density at radius 3 is 2.72 bits per heavy atom. The van der Waals surface area contributed by atoms with E-state index in [2.05, 4.69) is 0 Å². The molecule has 1 heterocycles. The van der Waals surface area contributed by atoms with E-state index in [4.69, 9.17) is 4.74 Å². The Balaban J connectivity index is 2.41. The maximum Gasteiger partial charge on any atom is 0.311 e. The second-order valence-electron chi connectivity index (χ2n) is 4.55. The highest BCUT2D eigenvalue weighted by Crippen LogP contribution is 2.34. The number of nitrogens with zero attached hydrogens (tertiary/aromatic N) is 1. The third-order valence-electron chi connectivity index (χ3n) is 3.49. The average Bonchev–Trinajstić information content (AvgIpc) is 2.80. The summed E-state index contributed by atoms with van der Waals surface area (Å²) < 4.78 is 4.91. The van der Waals surface area contributed by atoms with Gasteiger partial charge in [0, 0.05) is 26.0 Å². The number of ether oxygens (including phenoxy) is 1. The van der Waals surface area contributed by atoms with Crippen LogP contribution in [0.5, 0.6) is 0 Å². The van der Waals surface area contributed by atoms with Gasteiger partial charge in [0.1, 0.15) is 0 Å². The molecule has 1 amide bonds. The predicted octanol–water partition coefficient (Wildman–Crippen LogP) is 1.08. The van der Waals surface area contributed by atoms with Crippen molar-refractivity contribution < 1.29 is 19.4 Å². The molecule has 0 radical (unpaired) electrons. The van der Waals surface area contributed by atoms with Crippen LogP contribution in [0.2, 0.25) is 0 Å². The molecule has 6 heteroatoms. The Hall–Kier alpha value is -0.750. The molecule has 0 aromatic rings. The molecule has 1 saturated heterocycles. The maximum absolute atomic E-state index is 11.9. The van der Waals surface area contributed by atoms with Crippen LogP contribution in [0, 0.1) is 5.41 Å². The molecule has 1 aliphatic rings. The number of carbonyl (C=O) groups is 2. The zero-order valence-electron chi connectivity index (χ0n) is 11.0. The summed E-state index contributed by atoms with van der Waals surface area (Å²) in [6.45, 7) is 3.41. The second-order valence-corrected chi connectivity index (χ2v) is 5.65. The summed E-state index contributed by atoms with van der Waals surface area (Å²) in [6, 6.07) is 0. The van der Waals surface area contributed by atoms with E-state index in [9.17, 15) is 14.7 Å². The topological polar surface area (TPSA) is 66.8 Å². The van der Waals surface area contributed by atoms with E-state index < -0.39 is 11.4 Å². The van der Waals surface area contributed by atoms with E-state index in [0.717, 1.165) is 5.75 Å². The number of likely N-dealkylation sites (tertiary alicyclic amines) is 1. The van der Waals surface area contributed by atoms with Crippen molar-refractivity contribution in [2.24, 2.45) is 5.41 Å². The second kappa shape index (κ2) is 6.99. The predicted molar refractivity (Wildman–Crippen MR) is 70.8 cm³/mol. The Kier molecular flexibility index (Phi) is 5.95. The number of carboxylic acids is 1. The summed E-state index contributed by atoms with van der Waals surface area (Å²) in [5, 5.41) is 9.25. The number of amides is 1. The van der Waals surface area contributed by atoms with Gasteiger partial charge in [0.25, 0.3) is 0 Å². The molecule has 1 unspecified atom stereocenters. The van der Waals surface area contributed by atoms with Crippen molar-refractivity contribution in [3.63, 3.8) is 0 Å². The quantitative estimate of drug-likeness (QED) is 0.704. The SMILES string of the molecule is CCC1(C(=O)O)CCN(C(=O)CSCCOC)C1. The zero-order valence-corrected chi connectivity index (χ0v) is 11.8. The molecule has 1 fully saturated rings. The first-order valence-corrected chi connectivity index (χ1v) is 7.29. The fourth-order valence-corrected chi connectivity index (χ4v) is 2.88. The van der Waals surface area contributed by atoms with Crippen molar-refractivity contribution in [3.05, 3.63) is 0 Å². The molecule has 1 aliphatic heterocycles. The van der Waals surface area contributed by atoms with Gasteiger partial charge in [0.15, 0.2) is 0 Å². The molecule has 1 N–H and O–H groups in total. The van der Waals surface area contributed by atoms with E-state index in [1.165, 1.54) is 11.8 Å². The lowest BCUT2D eigenvalue weighted by molar-refractivity contribution is -0.148. The first-order chi connectivity index (χ1) is 8.55. The van der Waals surface area contributed by atoms with Crippen LogP contribution in [0.1, 0.15) is 19.8 Å². The number of carbonyl (C=O) groups excluding carboxylic acids is 1. The van der Waals surface area contributed by atoms with Crippen LogP contribution < -0.4 is 0 Å². The number of rotatable bonds is 7. The minimum absolute atomic E-state index is 0.0349. The largest absolute Gasteiger partial charge is 0.481 e. The summed E-state index contributed by atoms with van der Waals surface area (Å²) in [7, 11) is 1.63. The molecule has 0 aliphatic carbocycles. The summed E-state index contributed by atoms with van der Waals surface area (Å²) in [4.78, 5) is 24.8. The van der Waals surface area contributed by atoms with Crippen LogP contribution in [0.25, 0.3) is 0 Å². The molecule has 0 spiro atoms. The van der Waals surface area contributed by atoms with Crippen molar-refractivity contribution in [3.8, 4) is 0 Å². The smallest absolute Gasteiger partial charge is 0.311 e. The van der Waals surface area contributed by atoms with Gasteiger partial charge in [-0.1, -0.05) is 6.92 Å². The van der Waals surface area contributed by atoms with Crippen molar-refractivity contribution in [2.45, 2.75) is 19.8 Å². The summed E-state index contributed by atoms with van der Waals surface area (Å²) in [6.07, 6.45) is 1.14. The lowest BCUT2D eigenvalue weighted by Gasteiger charge is -2.23. The normalized spacial score (nSPS) is 23.3. The highest BCUT2D eigenvalue weighted by molar-refractivity contribution is 7.99. The molecule has 1 rings (SSSR count). The van der Waals surface area contributed by atoms with Crippen LogP contribution in [-0.4, -0.2) is 60.2 Å². The zero-order chi connectivity index (χ0) is 13.6. The van der Waals surface area contributed by atoms with Crippen molar-refractivity contribution in [2.75, 3.05) is 38.3 Å². The van der Waals surface area contributed by atoms with E-state index in [-0.39, 0.29) is 5.91 Å². The minimum atomic E-state index is -0.785. The number of methoxy groups -OCH3 is 1. The number of hydrogen-bond donors (Lipinski definition) is 1. The molecule has 0 bridgehead atoms. The van der Waals surface area contributed by atoms with E-state index in [1.54, 1.807) is 12.0 Å². The van der Waals surface area contributed by atoms with E-state index in [0.29, 0.717) is 38.3 Å². The third-order valence-corrected chi connectivity index (χ3v) is 4.40. The van der Waals surface area contributed by atoms with Crippen molar-refractivity contribution in [1.29, 1.82) is 0 Å². The Morgan fingerprint density at radius 1 is 1.50 bits per heavy atom. The van der Waals surface area contributed by atoms with Crippen LogP contribution in [0.15, 0.2) is 0 Å².